The van der Waals surface area contributed by atoms with Crippen molar-refractivity contribution in [3.05, 3.63) is 70.2 Å². The molecular weight excluding hydrogens is 408 g/mol. The number of carbonyl (C=O) groups is 4. The summed E-state index contributed by atoms with van der Waals surface area (Å²) in [6, 6.07) is 11.9. The highest BCUT2D eigenvalue weighted by Gasteiger charge is 2.21. The van der Waals surface area contributed by atoms with E-state index in [0.29, 0.717) is 10.6 Å². The number of rotatable bonds is 6. The summed E-state index contributed by atoms with van der Waals surface area (Å²) < 4.78 is 5.00. The third-order valence-electron chi connectivity index (χ3n) is 4.78. The maximum Gasteiger partial charge on any atom is 0.339 e. The third-order valence-corrected chi connectivity index (χ3v) is 5.03. The van der Waals surface area contributed by atoms with Gasteiger partial charge in [-0.2, -0.15) is 0 Å². The lowest BCUT2D eigenvalue weighted by atomic mass is 9.98. The Labute approximate surface area is 178 Å². The molecule has 8 heteroatoms. The number of carbonyl (C=O) groups excluding carboxylic acids is 4. The van der Waals surface area contributed by atoms with Gasteiger partial charge in [0.15, 0.2) is 12.4 Å². The number of halogens is 1. The normalized spacial score (nSPS) is 13.5. The Bertz CT molecular complexity index is 952. The summed E-state index contributed by atoms with van der Waals surface area (Å²) in [5, 5.41) is 5.33. The standard InChI is InChI=1S/C22H21ClN2O5/c23-15-11-9-14(10-12-15)20(27)17-7-3-4-8-18(17)21(28)30-13-19(26)25-22(29)24-16-5-1-2-6-16/h3-4,7-12,16H,1-2,5-6,13H2,(H2,24,25,26,29). The van der Waals surface area contributed by atoms with E-state index in [1.807, 2.05) is 0 Å². The van der Waals surface area contributed by atoms with E-state index in [0.717, 1.165) is 25.7 Å². The molecule has 2 aromatic rings. The van der Waals surface area contributed by atoms with Crippen LogP contribution in [0.15, 0.2) is 48.5 Å². The number of benzene rings is 2. The summed E-state index contributed by atoms with van der Waals surface area (Å²) in [4.78, 5) is 48.9. The molecule has 30 heavy (non-hydrogen) atoms. The zero-order valence-corrected chi connectivity index (χ0v) is 16.9. The summed E-state index contributed by atoms with van der Waals surface area (Å²) in [6.07, 6.45) is 3.86. The van der Waals surface area contributed by atoms with E-state index in [2.05, 4.69) is 10.6 Å². The fraction of sp³-hybridized carbons (Fsp3) is 0.273. The molecule has 2 aromatic carbocycles. The first-order chi connectivity index (χ1) is 14.4. The Balaban J connectivity index is 1.59. The van der Waals surface area contributed by atoms with E-state index in [4.69, 9.17) is 16.3 Å². The van der Waals surface area contributed by atoms with Gasteiger partial charge in [0.2, 0.25) is 0 Å². The second-order valence-electron chi connectivity index (χ2n) is 6.96. The summed E-state index contributed by atoms with van der Waals surface area (Å²) in [5.74, 6) is -1.96. The van der Waals surface area contributed by atoms with Gasteiger partial charge in [-0.15, -0.1) is 0 Å². The van der Waals surface area contributed by atoms with Gasteiger partial charge in [-0.05, 0) is 43.2 Å². The number of imide groups is 1. The van der Waals surface area contributed by atoms with Crippen LogP contribution in [0.5, 0.6) is 0 Å². The lowest BCUT2D eigenvalue weighted by molar-refractivity contribution is -0.123. The quantitative estimate of drug-likeness (QED) is 0.541. The van der Waals surface area contributed by atoms with Gasteiger partial charge >= 0.3 is 12.0 Å². The van der Waals surface area contributed by atoms with E-state index in [1.54, 1.807) is 36.4 Å². The molecule has 1 aliphatic rings. The van der Waals surface area contributed by atoms with Crippen LogP contribution in [0.4, 0.5) is 4.79 Å². The Morgan fingerprint density at radius 3 is 2.23 bits per heavy atom. The number of ether oxygens (including phenoxy) is 1. The average molecular weight is 429 g/mol. The minimum Gasteiger partial charge on any atom is -0.452 e. The van der Waals surface area contributed by atoms with Crippen molar-refractivity contribution in [3.63, 3.8) is 0 Å². The molecule has 1 aliphatic carbocycles. The SMILES string of the molecule is O=C(COC(=O)c1ccccc1C(=O)c1ccc(Cl)cc1)NC(=O)NC1CCCC1. The molecule has 1 saturated carbocycles. The van der Waals surface area contributed by atoms with E-state index < -0.39 is 24.5 Å². The molecule has 0 spiro atoms. The van der Waals surface area contributed by atoms with Gasteiger partial charge in [-0.3, -0.25) is 14.9 Å². The minimum absolute atomic E-state index is 0.0284. The summed E-state index contributed by atoms with van der Waals surface area (Å²) in [5.41, 5.74) is 0.533. The van der Waals surface area contributed by atoms with Crippen LogP contribution < -0.4 is 10.6 Å². The monoisotopic (exact) mass is 428 g/mol. The number of ketones is 1. The number of esters is 1. The van der Waals surface area contributed by atoms with Gasteiger partial charge in [0.1, 0.15) is 0 Å². The molecule has 1 fully saturated rings. The van der Waals surface area contributed by atoms with Gasteiger partial charge in [0.25, 0.3) is 5.91 Å². The van der Waals surface area contributed by atoms with Crippen LogP contribution in [-0.4, -0.2) is 36.3 Å². The van der Waals surface area contributed by atoms with Crippen LogP contribution in [0, 0.1) is 0 Å². The summed E-state index contributed by atoms with van der Waals surface area (Å²) in [6.45, 7) is -0.639. The van der Waals surface area contributed by atoms with Crippen LogP contribution in [0.3, 0.4) is 0 Å². The van der Waals surface area contributed by atoms with Gasteiger partial charge in [0, 0.05) is 22.2 Å². The summed E-state index contributed by atoms with van der Waals surface area (Å²) in [7, 11) is 0. The average Bonchev–Trinajstić information content (AvgIpc) is 3.25. The third kappa shape index (κ3) is 5.67. The number of hydrogen-bond acceptors (Lipinski definition) is 5. The molecule has 0 radical (unpaired) electrons. The maximum absolute atomic E-state index is 12.7. The first-order valence-electron chi connectivity index (χ1n) is 9.61. The fourth-order valence-electron chi connectivity index (χ4n) is 3.28. The predicted molar refractivity (Wildman–Crippen MR) is 111 cm³/mol. The Hall–Kier alpha value is -3.19. The lowest BCUT2D eigenvalue weighted by Gasteiger charge is -2.12. The van der Waals surface area contributed by atoms with Gasteiger partial charge < -0.3 is 10.1 Å². The van der Waals surface area contributed by atoms with E-state index >= 15 is 0 Å². The topological polar surface area (TPSA) is 102 Å². The molecule has 2 N–H and O–H groups in total. The van der Waals surface area contributed by atoms with E-state index in [9.17, 15) is 19.2 Å². The first kappa shape index (κ1) is 21.5. The zero-order chi connectivity index (χ0) is 21.5. The van der Waals surface area contributed by atoms with Crippen molar-refractivity contribution in [3.8, 4) is 0 Å². The van der Waals surface area contributed by atoms with Crippen molar-refractivity contribution in [2.45, 2.75) is 31.7 Å². The molecule has 0 aromatic heterocycles. The van der Waals surface area contributed by atoms with E-state index in [-0.39, 0.29) is 23.0 Å². The van der Waals surface area contributed by atoms with Crippen LogP contribution in [0.25, 0.3) is 0 Å². The number of nitrogens with one attached hydrogen (secondary N) is 2. The highest BCUT2D eigenvalue weighted by molar-refractivity contribution is 6.30. The highest BCUT2D eigenvalue weighted by Crippen LogP contribution is 2.18. The van der Waals surface area contributed by atoms with Crippen molar-refractivity contribution in [2.75, 3.05) is 6.61 Å². The van der Waals surface area contributed by atoms with Crippen molar-refractivity contribution < 1.29 is 23.9 Å². The van der Waals surface area contributed by atoms with Crippen molar-refractivity contribution >= 4 is 35.3 Å². The highest BCUT2D eigenvalue weighted by atomic mass is 35.5. The van der Waals surface area contributed by atoms with Crippen LogP contribution in [0.1, 0.15) is 52.0 Å². The Morgan fingerprint density at radius 2 is 1.57 bits per heavy atom. The van der Waals surface area contributed by atoms with Gasteiger partial charge in [-0.1, -0.05) is 42.6 Å². The molecule has 3 amide bonds. The largest absolute Gasteiger partial charge is 0.452 e. The van der Waals surface area contributed by atoms with Crippen LogP contribution >= 0.6 is 11.6 Å². The van der Waals surface area contributed by atoms with E-state index in [1.165, 1.54) is 12.1 Å². The van der Waals surface area contributed by atoms with Crippen molar-refractivity contribution in [1.29, 1.82) is 0 Å². The Morgan fingerprint density at radius 1 is 0.933 bits per heavy atom. The number of amides is 3. The zero-order valence-electron chi connectivity index (χ0n) is 16.2. The molecule has 0 heterocycles. The smallest absolute Gasteiger partial charge is 0.339 e. The molecule has 156 valence electrons. The minimum atomic E-state index is -0.834. The summed E-state index contributed by atoms with van der Waals surface area (Å²) >= 11 is 5.85. The second kappa shape index (κ2) is 10.0. The van der Waals surface area contributed by atoms with Crippen LogP contribution in [-0.2, 0) is 9.53 Å². The van der Waals surface area contributed by atoms with Crippen molar-refractivity contribution in [1.82, 2.24) is 10.6 Å². The molecular formula is C22H21ClN2O5. The van der Waals surface area contributed by atoms with Crippen molar-refractivity contribution in [2.24, 2.45) is 0 Å². The van der Waals surface area contributed by atoms with Gasteiger partial charge in [-0.25, -0.2) is 9.59 Å². The fourth-order valence-corrected chi connectivity index (χ4v) is 3.41. The maximum atomic E-state index is 12.7. The molecule has 0 aliphatic heterocycles. The molecule has 0 bridgehead atoms. The molecule has 7 nitrogen and oxygen atoms in total. The Kier molecular flexibility index (Phi) is 7.19. The van der Waals surface area contributed by atoms with Gasteiger partial charge in [0.05, 0.1) is 5.56 Å². The number of urea groups is 1. The number of hydrogen-bond donors (Lipinski definition) is 2. The van der Waals surface area contributed by atoms with Crippen LogP contribution in [0.2, 0.25) is 5.02 Å². The predicted octanol–water partition coefficient (Wildman–Crippen LogP) is 3.50. The first-order valence-corrected chi connectivity index (χ1v) is 9.98. The molecule has 3 rings (SSSR count). The molecule has 0 unspecified atom stereocenters. The lowest BCUT2D eigenvalue weighted by Crippen LogP contribution is -2.45. The second-order valence-corrected chi connectivity index (χ2v) is 7.40. The molecule has 0 saturated heterocycles. The molecule has 0 atom stereocenters.